The predicted octanol–water partition coefficient (Wildman–Crippen LogP) is 1.97. The Labute approximate surface area is 120 Å². The molecule has 1 aromatic rings. The van der Waals surface area contributed by atoms with Gasteiger partial charge in [-0.15, -0.1) is 0 Å². The van der Waals surface area contributed by atoms with E-state index in [0.29, 0.717) is 0 Å². The lowest BCUT2D eigenvalue weighted by atomic mass is 9.96. The van der Waals surface area contributed by atoms with E-state index in [9.17, 15) is 14.0 Å². The minimum Gasteiger partial charge on any atom is -0.478 e. The molecule has 2 heterocycles. The van der Waals surface area contributed by atoms with Gasteiger partial charge < -0.3 is 20.5 Å². The quantitative estimate of drug-likeness (QED) is 0.795. The van der Waals surface area contributed by atoms with Crippen LogP contribution in [0.4, 0.5) is 14.9 Å². The molecule has 2 aliphatic rings. The second kappa shape index (κ2) is 5.33. The monoisotopic (exact) mass is 294 g/mol. The molecular formula is C14H15FN2O4. The number of carbonyl (C=O) groups excluding carboxylic acids is 1. The second-order valence-corrected chi connectivity index (χ2v) is 5.31. The Bertz CT molecular complexity index is 592. The third-order valence-electron chi connectivity index (χ3n) is 3.89. The number of halogens is 1. The van der Waals surface area contributed by atoms with Crippen molar-refractivity contribution in [2.45, 2.75) is 37.5 Å². The fourth-order valence-corrected chi connectivity index (χ4v) is 2.87. The highest BCUT2D eigenvalue weighted by atomic mass is 19.1. The third-order valence-corrected chi connectivity index (χ3v) is 3.89. The number of carboxylic acids is 1. The van der Waals surface area contributed by atoms with Crippen LogP contribution in [0.3, 0.4) is 0 Å². The van der Waals surface area contributed by atoms with Crippen LogP contribution in [-0.2, 0) is 4.74 Å². The van der Waals surface area contributed by atoms with Crippen molar-refractivity contribution in [2.75, 3.05) is 5.32 Å². The minimum atomic E-state index is -1.22. The van der Waals surface area contributed by atoms with Crippen molar-refractivity contribution in [3.8, 4) is 0 Å². The van der Waals surface area contributed by atoms with Crippen molar-refractivity contribution in [3.63, 3.8) is 0 Å². The first-order chi connectivity index (χ1) is 10.0. The van der Waals surface area contributed by atoms with E-state index in [2.05, 4.69) is 10.6 Å². The van der Waals surface area contributed by atoms with E-state index in [1.54, 1.807) is 0 Å². The summed E-state index contributed by atoms with van der Waals surface area (Å²) < 4.78 is 19.3. The molecule has 0 aromatic heterocycles. The lowest BCUT2D eigenvalue weighted by Gasteiger charge is -2.20. The van der Waals surface area contributed by atoms with E-state index < -0.39 is 17.8 Å². The minimum absolute atomic E-state index is 0.0417. The summed E-state index contributed by atoms with van der Waals surface area (Å²) in [5.74, 6) is -2.00. The van der Waals surface area contributed by atoms with Gasteiger partial charge in [-0.2, -0.15) is 0 Å². The number of anilines is 1. The molecule has 0 aliphatic carbocycles. The van der Waals surface area contributed by atoms with Crippen molar-refractivity contribution >= 4 is 17.7 Å². The first kappa shape index (κ1) is 13.8. The molecule has 0 saturated carbocycles. The zero-order valence-corrected chi connectivity index (χ0v) is 11.1. The van der Waals surface area contributed by atoms with E-state index in [4.69, 9.17) is 9.84 Å². The van der Waals surface area contributed by atoms with Gasteiger partial charge in [0, 0.05) is 0 Å². The first-order valence-corrected chi connectivity index (χ1v) is 6.79. The smallest absolute Gasteiger partial charge is 0.335 e. The summed E-state index contributed by atoms with van der Waals surface area (Å²) in [5, 5.41) is 13.9. The maximum atomic E-state index is 13.7. The molecule has 3 N–H and O–H groups in total. The van der Waals surface area contributed by atoms with Gasteiger partial charge in [-0.05, 0) is 37.5 Å². The molecule has 2 saturated heterocycles. The number of carbonyl (C=O) groups is 2. The molecule has 7 heteroatoms. The molecule has 112 valence electrons. The number of hydrogen-bond donors (Lipinski definition) is 3. The van der Waals surface area contributed by atoms with Crippen LogP contribution in [0.15, 0.2) is 18.2 Å². The molecule has 3 unspecified atom stereocenters. The fraction of sp³-hybridized carbons (Fsp3) is 0.429. The number of hydrogen-bond acceptors (Lipinski definition) is 3. The molecule has 2 fully saturated rings. The topological polar surface area (TPSA) is 87.7 Å². The zero-order chi connectivity index (χ0) is 15.0. The van der Waals surface area contributed by atoms with E-state index in [-0.39, 0.29) is 29.5 Å². The number of aromatic carboxylic acids is 1. The molecule has 1 aromatic carbocycles. The number of ether oxygens (including phenoxy) is 1. The van der Waals surface area contributed by atoms with E-state index >= 15 is 0 Å². The van der Waals surface area contributed by atoms with Crippen LogP contribution in [0.5, 0.6) is 0 Å². The highest BCUT2D eigenvalue weighted by Crippen LogP contribution is 2.34. The zero-order valence-electron chi connectivity index (χ0n) is 11.1. The summed E-state index contributed by atoms with van der Waals surface area (Å²) in [4.78, 5) is 22.6. The average Bonchev–Trinajstić information content (AvgIpc) is 3.03. The lowest BCUT2D eigenvalue weighted by Crippen LogP contribution is -2.43. The molecule has 3 atom stereocenters. The van der Waals surface area contributed by atoms with Crippen LogP contribution >= 0.6 is 0 Å². The largest absolute Gasteiger partial charge is 0.478 e. The Balaban J connectivity index is 1.61. The molecule has 21 heavy (non-hydrogen) atoms. The summed E-state index contributed by atoms with van der Waals surface area (Å²) >= 11 is 0. The van der Waals surface area contributed by atoms with E-state index in [1.807, 2.05) is 0 Å². The van der Waals surface area contributed by atoms with Gasteiger partial charge in [-0.1, -0.05) is 0 Å². The average molecular weight is 294 g/mol. The molecule has 2 aliphatic heterocycles. The van der Waals surface area contributed by atoms with Crippen LogP contribution in [0.2, 0.25) is 0 Å². The van der Waals surface area contributed by atoms with Crippen molar-refractivity contribution < 1.29 is 23.8 Å². The SMILES string of the molecule is O=C(Nc1ccc(C(=O)O)cc1F)NC1CC2CCC1O2. The van der Waals surface area contributed by atoms with Crippen LogP contribution < -0.4 is 10.6 Å². The summed E-state index contributed by atoms with van der Waals surface area (Å²) in [6, 6.07) is 2.78. The van der Waals surface area contributed by atoms with E-state index in [1.165, 1.54) is 12.1 Å². The molecule has 3 rings (SSSR count). The molecule has 2 bridgehead atoms. The Hall–Kier alpha value is -2.15. The van der Waals surface area contributed by atoms with Crippen molar-refractivity contribution in [3.05, 3.63) is 29.6 Å². The van der Waals surface area contributed by atoms with E-state index in [0.717, 1.165) is 25.3 Å². The van der Waals surface area contributed by atoms with Gasteiger partial charge in [0.1, 0.15) is 5.82 Å². The fourth-order valence-electron chi connectivity index (χ4n) is 2.87. The molecule has 0 spiro atoms. The summed E-state index contributed by atoms with van der Waals surface area (Å²) in [7, 11) is 0. The second-order valence-electron chi connectivity index (χ2n) is 5.31. The molecule has 6 nitrogen and oxygen atoms in total. The van der Waals surface area contributed by atoms with Gasteiger partial charge >= 0.3 is 12.0 Å². The highest BCUT2D eigenvalue weighted by molar-refractivity contribution is 5.92. The van der Waals surface area contributed by atoms with Gasteiger partial charge in [-0.25, -0.2) is 14.0 Å². The van der Waals surface area contributed by atoms with Crippen molar-refractivity contribution in [1.82, 2.24) is 5.32 Å². The number of carboxylic acid groups (broad SMARTS) is 1. The van der Waals surface area contributed by atoms with Gasteiger partial charge in [0.05, 0.1) is 29.5 Å². The Morgan fingerprint density at radius 2 is 2.14 bits per heavy atom. The van der Waals surface area contributed by atoms with Crippen LogP contribution in [-0.4, -0.2) is 35.4 Å². The van der Waals surface area contributed by atoms with Crippen LogP contribution in [0.25, 0.3) is 0 Å². The maximum Gasteiger partial charge on any atom is 0.335 e. The summed E-state index contributed by atoms with van der Waals surface area (Å²) in [5.41, 5.74) is -0.221. The van der Waals surface area contributed by atoms with Gasteiger partial charge in [-0.3, -0.25) is 0 Å². The standard InChI is InChI=1S/C14H15FN2O4/c15-9-5-7(13(18)19)1-3-10(9)16-14(20)17-11-6-8-2-4-12(11)21-8/h1,3,5,8,11-12H,2,4,6H2,(H,18,19)(H2,16,17,20). The van der Waals surface area contributed by atoms with Gasteiger partial charge in [0.15, 0.2) is 0 Å². The lowest BCUT2D eigenvalue weighted by molar-refractivity contribution is 0.0696. The van der Waals surface area contributed by atoms with Crippen LogP contribution in [0.1, 0.15) is 29.6 Å². The van der Waals surface area contributed by atoms with Crippen molar-refractivity contribution in [2.24, 2.45) is 0 Å². The predicted molar refractivity (Wildman–Crippen MR) is 71.8 cm³/mol. The highest BCUT2D eigenvalue weighted by Gasteiger charge is 2.41. The number of fused-ring (bicyclic) bond motifs is 2. The Morgan fingerprint density at radius 3 is 2.71 bits per heavy atom. The van der Waals surface area contributed by atoms with Crippen LogP contribution in [0, 0.1) is 5.82 Å². The first-order valence-electron chi connectivity index (χ1n) is 6.79. The Kier molecular flexibility index (Phi) is 3.50. The van der Waals surface area contributed by atoms with Gasteiger partial charge in [0.2, 0.25) is 0 Å². The normalized spacial score (nSPS) is 26.6. The van der Waals surface area contributed by atoms with Gasteiger partial charge in [0.25, 0.3) is 0 Å². The summed E-state index contributed by atoms with van der Waals surface area (Å²) in [6.07, 6.45) is 2.98. The maximum absolute atomic E-state index is 13.7. The molecule has 0 radical (unpaired) electrons. The number of rotatable bonds is 3. The number of nitrogens with one attached hydrogen (secondary N) is 2. The summed E-state index contributed by atoms with van der Waals surface area (Å²) in [6.45, 7) is 0. The number of amides is 2. The molecular weight excluding hydrogens is 279 g/mol. The molecule has 2 amide bonds. The number of benzene rings is 1. The third kappa shape index (κ3) is 2.82. The van der Waals surface area contributed by atoms with Crippen molar-refractivity contribution in [1.29, 1.82) is 0 Å². The number of urea groups is 1. The Morgan fingerprint density at radius 1 is 1.33 bits per heavy atom.